The Kier molecular flexibility index (Phi) is 5.38. The highest BCUT2D eigenvalue weighted by Gasteiger charge is 2.28. The lowest BCUT2D eigenvalue weighted by Gasteiger charge is -2.31. The standard InChI is InChI=1S/C15H21N3O4S/c1-12(2)16-15(20)13-4-3-5-14(10-13)23(21,22)18-8-6-17(11-19)7-9-18/h3-5,10-12H,6-9H2,1-2H3,(H,16,20). The highest BCUT2D eigenvalue weighted by molar-refractivity contribution is 7.89. The van der Waals surface area contributed by atoms with E-state index in [4.69, 9.17) is 0 Å². The Morgan fingerprint density at radius 3 is 2.43 bits per heavy atom. The van der Waals surface area contributed by atoms with Crippen LogP contribution in [0.4, 0.5) is 0 Å². The van der Waals surface area contributed by atoms with Crippen LogP contribution in [0.3, 0.4) is 0 Å². The molecule has 8 heteroatoms. The van der Waals surface area contributed by atoms with E-state index in [0.717, 1.165) is 6.41 Å². The topological polar surface area (TPSA) is 86.8 Å². The zero-order valence-electron chi connectivity index (χ0n) is 13.2. The van der Waals surface area contributed by atoms with E-state index >= 15 is 0 Å². The number of carbonyl (C=O) groups is 2. The third-order valence-corrected chi connectivity index (χ3v) is 5.47. The van der Waals surface area contributed by atoms with Crippen molar-refractivity contribution in [1.82, 2.24) is 14.5 Å². The van der Waals surface area contributed by atoms with Gasteiger partial charge in [-0.25, -0.2) is 8.42 Å². The molecule has 1 aliphatic rings. The first-order chi connectivity index (χ1) is 10.8. The number of piperazine rings is 1. The predicted octanol–water partition coefficient (Wildman–Crippen LogP) is 0.288. The van der Waals surface area contributed by atoms with Crippen LogP contribution < -0.4 is 5.32 Å². The zero-order chi connectivity index (χ0) is 17.0. The van der Waals surface area contributed by atoms with E-state index in [9.17, 15) is 18.0 Å². The van der Waals surface area contributed by atoms with E-state index in [2.05, 4.69) is 5.32 Å². The average Bonchev–Trinajstić information content (AvgIpc) is 2.54. The highest BCUT2D eigenvalue weighted by Crippen LogP contribution is 2.18. The van der Waals surface area contributed by atoms with Crippen LogP contribution in [0, 0.1) is 0 Å². The lowest BCUT2D eigenvalue weighted by Crippen LogP contribution is -2.48. The molecule has 2 rings (SSSR count). The van der Waals surface area contributed by atoms with Gasteiger partial charge >= 0.3 is 0 Å². The zero-order valence-corrected chi connectivity index (χ0v) is 14.0. The molecule has 1 heterocycles. The van der Waals surface area contributed by atoms with E-state index in [1.54, 1.807) is 17.0 Å². The van der Waals surface area contributed by atoms with E-state index < -0.39 is 10.0 Å². The van der Waals surface area contributed by atoms with Crippen LogP contribution in [0.25, 0.3) is 0 Å². The van der Waals surface area contributed by atoms with Crippen LogP contribution in [-0.2, 0) is 14.8 Å². The summed E-state index contributed by atoms with van der Waals surface area (Å²) in [6.07, 6.45) is 0.723. The van der Waals surface area contributed by atoms with Crippen LogP contribution in [0.1, 0.15) is 24.2 Å². The van der Waals surface area contributed by atoms with Crippen molar-refractivity contribution in [3.8, 4) is 0 Å². The smallest absolute Gasteiger partial charge is 0.251 e. The van der Waals surface area contributed by atoms with Crippen LogP contribution in [0.2, 0.25) is 0 Å². The van der Waals surface area contributed by atoms with Crippen molar-refractivity contribution in [2.45, 2.75) is 24.8 Å². The summed E-state index contributed by atoms with van der Waals surface area (Å²) in [5.74, 6) is -0.303. The molecule has 0 saturated carbocycles. The summed E-state index contributed by atoms with van der Waals surface area (Å²) in [5.41, 5.74) is 0.311. The van der Waals surface area contributed by atoms with Crippen LogP contribution in [-0.4, -0.2) is 62.2 Å². The minimum atomic E-state index is -3.67. The molecule has 1 aliphatic heterocycles. The number of nitrogens with one attached hydrogen (secondary N) is 1. The summed E-state index contributed by atoms with van der Waals surface area (Å²) >= 11 is 0. The van der Waals surface area contributed by atoms with Gasteiger partial charge in [-0.15, -0.1) is 0 Å². The van der Waals surface area contributed by atoms with Gasteiger partial charge in [0, 0.05) is 37.8 Å². The van der Waals surface area contributed by atoms with Gasteiger partial charge < -0.3 is 10.2 Å². The summed E-state index contributed by atoms with van der Waals surface area (Å²) in [5, 5.41) is 2.74. The number of nitrogens with zero attached hydrogens (tertiary/aromatic N) is 2. The summed E-state index contributed by atoms with van der Waals surface area (Å²) in [6.45, 7) is 4.93. The maximum Gasteiger partial charge on any atom is 0.251 e. The van der Waals surface area contributed by atoms with Gasteiger partial charge in [0.2, 0.25) is 16.4 Å². The number of carbonyl (C=O) groups excluding carboxylic acids is 2. The number of amides is 2. The Hall–Kier alpha value is -1.93. The molecule has 0 bridgehead atoms. The molecular weight excluding hydrogens is 318 g/mol. The molecule has 0 atom stereocenters. The molecule has 0 spiro atoms. The monoisotopic (exact) mass is 339 g/mol. The molecule has 2 amide bonds. The first-order valence-electron chi connectivity index (χ1n) is 7.45. The predicted molar refractivity (Wildman–Crippen MR) is 85.4 cm³/mol. The average molecular weight is 339 g/mol. The summed E-state index contributed by atoms with van der Waals surface area (Å²) in [4.78, 5) is 24.4. The SMILES string of the molecule is CC(C)NC(=O)c1cccc(S(=O)(=O)N2CCN(C=O)CC2)c1. The van der Waals surface area contributed by atoms with Gasteiger partial charge in [0.25, 0.3) is 5.91 Å². The molecular formula is C15H21N3O4S. The van der Waals surface area contributed by atoms with Gasteiger partial charge in [-0.1, -0.05) is 6.07 Å². The first kappa shape index (κ1) is 17.4. The minimum Gasteiger partial charge on any atom is -0.350 e. The largest absolute Gasteiger partial charge is 0.350 e. The van der Waals surface area contributed by atoms with Crippen molar-refractivity contribution in [3.05, 3.63) is 29.8 Å². The van der Waals surface area contributed by atoms with E-state index in [0.29, 0.717) is 18.7 Å². The van der Waals surface area contributed by atoms with Gasteiger partial charge in [0.15, 0.2) is 0 Å². The van der Waals surface area contributed by atoms with Crippen molar-refractivity contribution in [2.24, 2.45) is 0 Å². The number of sulfonamides is 1. The van der Waals surface area contributed by atoms with Gasteiger partial charge in [0.05, 0.1) is 4.90 Å². The molecule has 126 valence electrons. The van der Waals surface area contributed by atoms with Crippen molar-refractivity contribution >= 4 is 22.3 Å². The summed E-state index contributed by atoms with van der Waals surface area (Å²) in [7, 11) is -3.67. The van der Waals surface area contributed by atoms with Crippen molar-refractivity contribution in [2.75, 3.05) is 26.2 Å². The molecule has 0 unspecified atom stereocenters. The van der Waals surface area contributed by atoms with Gasteiger partial charge in [0.1, 0.15) is 0 Å². The molecule has 23 heavy (non-hydrogen) atoms. The molecule has 0 aliphatic carbocycles. The second-order valence-corrected chi connectivity index (χ2v) is 7.64. The summed E-state index contributed by atoms with van der Waals surface area (Å²) < 4.78 is 26.7. The fourth-order valence-corrected chi connectivity index (χ4v) is 3.81. The normalized spacial score (nSPS) is 16.4. The quantitative estimate of drug-likeness (QED) is 0.781. The van der Waals surface area contributed by atoms with Crippen molar-refractivity contribution < 1.29 is 18.0 Å². The molecule has 1 saturated heterocycles. The second-order valence-electron chi connectivity index (χ2n) is 5.70. The Morgan fingerprint density at radius 1 is 1.22 bits per heavy atom. The molecule has 1 fully saturated rings. The van der Waals surface area contributed by atoms with Gasteiger partial charge in [-0.3, -0.25) is 9.59 Å². The minimum absolute atomic E-state index is 0.0285. The number of hydrogen-bond acceptors (Lipinski definition) is 4. The number of hydrogen-bond donors (Lipinski definition) is 1. The number of benzene rings is 1. The van der Waals surface area contributed by atoms with Gasteiger partial charge in [-0.05, 0) is 32.0 Å². The second kappa shape index (κ2) is 7.10. The Balaban J connectivity index is 2.20. The Bertz CT molecular complexity index is 680. The molecule has 7 nitrogen and oxygen atoms in total. The lowest BCUT2D eigenvalue weighted by atomic mass is 10.2. The molecule has 1 aromatic rings. The lowest BCUT2D eigenvalue weighted by molar-refractivity contribution is -0.119. The van der Waals surface area contributed by atoms with Crippen molar-refractivity contribution in [3.63, 3.8) is 0 Å². The third-order valence-electron chi connectivity index (χ3n) is 3.58. The molecule has 0 radical (unpaired) electrons. The highest BCUT2D eigenvalue weighted by atomic mass is 32.2. The van der Waals surface area contributed by atoms with Crippen molar-refractivity contribution in [1.29, 1.82) is 0 Å². The van der Waals surface area contributed by atoms with Crippen LogP contribution >= 0.6 is 0 Å². The molecule has 1 aromatic carbocycles. The van der Waals surface area contributed by atoms with E-state index in [1.807, 2.05) is 13.8 Å². The molecule has 0 aromatic heterocycles. The fraction of sp³-hybridized carbons (Fsp3) is 0.467. The maximum absolute atomic E-state index is 12.7. The van der Waals surface area contributed by atoms with Crippen LogP contribution in [0.15, 0.2) is 29.2 Å². The summed E-state index contributed by atoms with van der Waals surface area (Å²) in [6, 6.07) is 5.98. The maximum atomic E-state index is 12.7. The van der Waals surface area contributed by atoms with E-state index in [1.165, 1.54) is 16.4 Å². The van der Waals surface area contributed by atoms with Gasteiger partial charge in [-0.2, -0.15) is 4.31 Å². The first-order valence-corrected chi connectivity index (χ1v) is 8.89. The Labute approximate surface area is 136 Å². The number of rotatable bonds is 5. The molecule has 1 N–H and O–H groups in total. The Morgan fingerprint density at radius 2 is 1.87 bits per heavy atom. The van der Waals surface area contributed by atoms with E-state index in [-0.39, 0.29) is 29.9 Å². The fourth-order valence-electron chi connectivity index (χ4n) is 2.34. The van der Waals surface area contributed by atoms with Crippen LogP contribution in [0.5, 0.6) is 0 Å². The third kappa shape index (κ3) is 4.08.